The number of nitrogens with zero attached hydrogens (tertiary/aromatic N) is 1. The number of carbonyl (C=O) groups is 2. The van der Waals surface area contributed by atoms with Crippen LogP contribution >= 0.6 is 0 Å². The highest BCUT2D eigenvalue weighted by Crippen LogP contribution is 2.49. The van der Waals surface area contributed by atoms with E-state index in [0.717, 1.165) is 19.3 Å². The molecule has 2 aromatic rings. The Labute approximate surface area is 205 Å². The summed E-state index contributed by atoms with van der Waals surface area (Å²) in [4.78, 5) is 36.5. The lowest BCUT2D eigenvalue weighted by Gasteiger charge is -2.40. The molecule has 8 heteroatoms. The highest BCUT2D eigenvalue weighted by Gasteiger charge is 2.56. The molecule has 5 atom stereocenters. The predicted octanol–water partition coefficient (Wildman–Crippen LogP) is 3.54. The Kier molecular flexibility index (Phi) is 6.88. The zero-order valence-electron chi connectivity index (χ0n) is 20.0. The number of hydroxylamine groups is 2. The Morgan fingerprint density at radius 1 is 0.857 bits per heavy atom. The first kappa shape index (κ1) is 23.9. The Morgan fingerprint density at radius 2 is 1.49 bits per heavy atom. The van der Waals surface area contributed by atoms with Crippen LogP contribution in [0.4, 0.5) is 0 Å². The van der Waals surface area contributed by atoms with E-state index in [-0.39, 0.29) is 11.5 Å². The van der Waals surface area contributed by atoms with E-state index < -0.39 is 36.3 Å². The first-order valence-corrected chi connectivity index (χ1v) is 12.1. The lowest BCUT2D eigenvalue weighted by atomic mass is 9.71. The molecular weight excluding hydrogens is 450 g/mol. The van der Waals surface area contributed by atoms with Crippen LogP contribution in [0.15, 0.2) is 60.7 Å². The average Bonchev–Trinajstić information content (AvgIpc) is 3.51. The zero-order chi connectivity index (χ0) is 24.4. The fourth-order valence-corrected chi connectivity index (χ4v) is 5.91. The van der Waals surface area contributed by atoms with Crippen LogP contribution in [0.3, 0.4) is 0 Å². The molecule has 1 saturated carbocycles. The maximum atomic E-state index is 12.4. The Balaban J connectivity index is 1.38. The van der Waals surface area contributed by atoms with Gasteiger partial charge in [0, 0.05) is 11.8 Å². The molecule has 2 aliphatic heterocycles. The van der Waals surface area contributed by atoms with Gasteiger partial charge in [-0.15, -0.1) is 0 Å². The van der Waals surface area contributed by atoms with Gasteiger partial charge in [-0.25, -0.2) is 9.63 Å². The minimum atomic E-state index is -1.12. The number of carbonyl (C=O) groups excluding carboxylic acids is 2. The van der Waals surface area contributed by atoms with Crippen molar-refractivity contribution in [2.24, 2.45) is 5.92 Å². The van der Waals surface area contributed by atoms with Crippen molar-refractivity contribution in [2.75, 3.05) is 14.2 Å². The van der Waals surface area contributed by atoms with Crippen molar-refractivity contribution in [1.29, 1.82) is 0 Å². The predicted molar refractivity (Wildman–Crippen MR) is 125 cm³/mol. The van der Waals surface area contributed by atoms with Gasteiger partial charge < -0.3 is 14.2 Å². The fourth-order valence-electron chi connectivity index (χ4n) is 5.91. The van der Waals surface area contributed by atoms with E-state index in [0.29, 0.717) is 12.8 Å². The summed E-state index contributed by atoms with van der Waals surface area (Å²) in [7, 11) is 2.55. The van der Waals surface area contributed by atoms with Crippen molar-refractivity contribution in [2.45, 2.75) is 62.1 Å². The van der Waals surface area contributed by atoms with Crippen molar-refractivity contribution in [1.82, 2.24) is 5.23 Å². The van der Waals surface area contributed by atoms with Crippen LogP contribution in [-0.4, -0.2) is 55.9 Å². The summed E-state index contributed by atoms with van der Waals surface area (Å²) >= 11 is 0. The molecule has 186 valence electrons. The van der Waals surface area contributed by atoms with Crippen LogP contribution in [0.2, 0.25) is 0 Å². The van der Waals surface area contributed by atoms with E-state index in [1.807, 2.05) is 12.1 Å². The molecule has 35 heavy (non-hydrogen) atoms. The third-order valence-electron chi connectivity index (χ3n) is 7.54. The summed E-state index contributed by atoms with van der Waals surface area (Å²) in [6.45, 7) is 0. The molecule has 0 N–H and O–H groups in total. The number of esters is 2. The van der Waals surface area contributed by atoms with E-state index >= 15 is 0 Å². The summed E-state index contributed by atoms with van der Waals surface area (Å²) < 4.78 is 16.4. The molecule has 0 aromatic heterocycles. The Morgan fingerprint density at radius 3 is 2.09 bits per heavy atom. The smallest absolute Gasteiger partial charge is 0.338 e. The van der Waals surface area contributed by atoms with Gasteiger partial charge in [0.15, 0.2) is 12.4 Å². The highest BCUT2D eigenvalue weighted by molar-refractivity contribution is 5.84. The molecule has 0 unspecified atom stereocenters. The summed E-state index contributed by atoms with van der Waals surface area (Å²) in [6, 6.07) is 20.5. The minimum absolute atomic E-state index is 0.107. The second kappa shape index (κ2) is 10.1. The molecule has 2 saturated heterocycles. The summed E-state index contributed by atoms with van der Waals surface area (Å²) in [6.07, 6.45) is 2.20. The van der Waals surface area contributed by atoms with Gasteiger partial charge in [-0.05, 0) is 36.8 Å². The van der Waals surface area contributed by atoms with Crippen LogP contribution in [0.5, 0.6) is 0 Å². The van der Waals surface area contributed by atoms with Gasteiger partial charge in [0.25, 0.3) is 0 Å². The van der Waals surface area contributed by atoms with E-state index in [9.17, 15) is 9.59 Å². The van der Waals surface area contributed by atoms with Crippen LogP contribution < -0.4 is 0 Å². The molecule has 2 heterocycles. The van der Waals surface area contributed by atoms with Crippen molar-refractivity contribution in [3.63, 3.8) is 0 Å². The standard InChI is InChI=1S/C27H31NO7/c1-31-25(29)23-20-15-16-22(34-28(20)35-24(23)26(30)32-2)33-21-14-9-17-27(21,18-10-5-3-6-11-18)19-12-7-4-8-13-19/h3-8,10-13,20-24H,9,14-17H2,1-2H3/t20-,21+,22-,23-,24-/m1/s1. The van der Waals surface area contributed by atoms with E-state index in [1.54, 1.807) is 0 Å². The van der Waals surface area contributed by atoms with Gasteiger partial charge >= 0.3 is 11.9 Å². The second-order valence-electron chi connectivity index (χ2n) is 9.28. The third kappa shape index (κ3) is 4.25. The van der Waals surface area contributed by atoms with Gasteiger partial charge in [0.1, 0.15) is 5.92 Å². The van der Waals surface area contributed by atoms with Crippen molar-refractivity contribution < 1.29 is 33.5 Å². The van der Waals surface area contributed by atoms with Gasteiger partial charge in [-0.1, -0.05) is 65.9 Å². The molecule has 2 aromatic carbocycles. The van der Waals surface area contributed by atoms with Crippen LogP contribution in [-0.2, 0) is 38.9 Å². The lowest BCUT2D eigenvalue weighted by molar-refractivity contribution is -0.438. The summed E-state index contributed by atoms with van der Waals surface area (Å²) in [5, 5.41) is 1.25. The van der Waals surface area contributed by atoms with Crippen LogP contribution in [0.1, 0.15) is 43.2 Å². The number of rotatable bonds is 6. The molecule has 0 amide bonds. The third-order valence-corrected chi connectivity index (χ3v) is 7.54. The highest BCUT2D eigenvalue weighted by atomic mass is 17.0. The maximum absolute atomic E-state index is 12.4. The summed E-state index contributed by atoms with van der Waals surface area (Å²) in [5.41, 5.74) is 2.14. The fraction of sp³-hybridized carbons (Fsp3) is 0.481. The van der Waals surface area contributed by atoms with Crippen molar-refractivity contribution >= 4 is 11.9 Å². The van der Waals surface area contributed by atoms with Gasteiger partial charge in [-0.2, -0.15) is 0 Å². The average molecular weight is 482 g/mol. The number of methoxy groups -OCH3 is 2. The number of hydrogen-bond acceptors (Lipinski definition) is 8. The molecule has 0 spiro atoms. The molecule has 0 bridgehead atoms. The van der Waals surface area contributed by atoms with Crippen molar-refractivity contribution in [3.8, 4) is 0 Å². The molecule has 8 nitrogen and oxygen atoms in total. The van der Waals surface area contributed by atoms with Gasteiger partial charge in [-0.3, -0.25) is 9.63 Å². The molecule has 5 rings (SSSR count). The zero-order valence-corrected chi connectivity index (χ0v) is 20.0. The molecular formula is C27H31NO7. The normalized spacial score (nSPS) is 29.9. The lowest BCUT2D eigenvalue weighted by Crippen LogP contribution is -2.47. The summed E-state index contributed by atoms with van der Waals surface area (Å²) in [5.74, 6) is -2.00. The van der Waals surface area contributed by atoms with Crippen molar-refractivity contribution in [3.05, 3.63) is 71.8 Å². The molecule has 1 aliphatic carbocycles. The van der Waals surface area contributed by atoms with Gasteiger partial charge in [0.2, 0.25) is 0 Å². The minimum Gasteiger partial charge on any atom is -0.469 e. The number of fused-ring (bicyclic) bond motifs is 1. The largest absolute Gasteiger partial charge is 0.469 e. The van der Waals surface area contributed by atoms with E-state index in [2.05, 4.69) is 48.5 Å². The topological polar surface area (TPSA) is 83.5 Å². The van der Waals surface area contributed by atoms with Gasteiger partial charge in [0.05, 0.1) is 26.4 Å². The first-order chi connectivity index (χ1) is 17.1. The van der Waals surface area contributed by atoms with E-state index in [1.165, 1.54) is 30.6 Å². The number of benzene rings is 2. The maximum Gasteiger partial charge on any atom is 0.338 e. The monoisotopic (exact) mass is 481 g/mol. The van der Waals surface area contributed by atoms with E-state index in [4.69, 9.17) is 23.9 Å². The van der Waals surface area contributed by atoms with Crippen LogP contribution in [0, 0.1) is 5.92 Å². The quantitative estimate of drug-likeness (QED) is 0.580. The Hall–Kier alpha value is -2.78. The second-order valence-corrected chi connectivity index (χ2v) is 9.28. The number of hydrogen-bond donors (Lipinski definition) is 0. The first-order valence-electron chi connectivity index (χ1n) is 12.1. The molecule has 0 radical (unpaired) electrons. The Bertz CT molecular complexity index is 991. The SMILES string of the molecule is COC(=O)[C@@H]1[C@H]2CC[C@H](O[C@H]3CCCC3(c3ccccc3)c3ccccc3)ON2O[C@H]1C(=O)OC. The molecule has 3 fully saturated rings. The number of ether oxygens (including phenoxy) is 3. The van der Waals surface area contributed by atoms with Crippen LogP contribution in [0.25, 0.3) is 0 Å². The molecule has 3 aliphatic rings.